The van der Waals surface area contributed by atoms with Gasteiger partial charge in [-0.15, -0.1) is 0 Å². The largest absolute Gasteiger partial charge is 0.465 e. The van der Waals surface area contributed by atoms with Crippen molar-refractivity contribution in [3.8, 4) is 0 Å². The van der Waals surface area contributed by atoms with E-state index in [-0.39, 0.29) is 5.97 Å². The number of aryl methyl sites for hydroxylation is 1. The van der Waals surface area contributed by atoms with Crippen molar-refractivity contribution >= 4 is 17.7 Å². The van der Waals surface area contributed by atoms with Gasteiger partial charge in [0.2, 0.25) is 0 Å². The summed E-state index contributed by atoms with van der Waals surface area (Å²) in [5.74, 6) is 0.0316. The van der Waals surface area contributed by atoms with Crippen LogP contribution in [0.25, 0.3) is 0 Å². The van der Waals surface area contributed by atoms with Gasteiger partial charge in [0, 0.05) is 18.1 Å². The molecule has 0 saturated carbocycles. The second kappa shape index (κ2) is 6.44. The maximum absolute atomic E-state index is 11.2. The van der Waals surface area contributed by atoms with Gasteiger partial charge in [-0.25, -0.2) is 9.97 Å². The van der Waals surface area contributed by atoms with Gasteiger partial charge in [0.25, 0.3) is 0 Å². The number of thioether (sulfide) groups is 1. The van der Waals surface area contributed by atoms with Gasteiger partial charge in [0.05, 0.1) is 6.61 Å². The topological polar surface area (TPSA) is 78.1 Å². The molecule has 1 aromatic rings. The summed E-state index contributed by atoms with van der Waals surface area (Å²) in [7, 11) is 0. The highest BCUT2D eigenvalue weighted by Gasteiger charge is 2.15. The smallest absolute Gasteiger partial charge is 0.323 e. The minimum Gasteiger partial charge on any atom is -0.465 e. The van der Waals surface area contributed by atoms with E-state index in [1.54, 1.807) is 19.3 Å². The molecule has 1 unspecified atom stereocenters. The van der Waals surface area contributed by atoms with Gasteiger partial charge < -0.3 is 10.5 Å². The molecule has 1 rings (SSSR count). The molecule has 1 heterocycles. The van der Waals surface area contributed by atoms with Crippen LogP contribution >= 0.6 is 11.8 Å². The van der Waals surface area contributed by atoms with Crippen LogP contribution in [-0.4, -0.2) is 34.3 Å². The monoisotopic (exact) mass is 241 g/mol. The molecular weight excluding hydrogens is 226 g/mol. The highest BCUT2D eigenvalue weighted by molar-refractivity contribution is 7.99. The standard InChI is InChI=1S/C10H15N3O2S/c1-3-15-9(14)8(11)6-16-10-12-4-7(2)5-13-10/h4-5,8H,3,6,11H2,1-2H3. The summed E-state index contributed by atoms with van der Waals surface area (Å²) in [5, 5.41) is 0.616. The summed E-state index contributed by atoms with van der Waals surface area (Å²) >= 11 is 1.34. The molecule has 0 radical (unpaired) electrons. The van der Waals surface area contributed by atoms with E-state index in [2.05, 4.69) is 9.97 Å². The molecule has 6 heteroatoms. The van der Waals surface area contributed by atoms with Crippen molar-refractivity contribution < 1.29 is 9.53 Å². The van der Waals surface area contributed by atoms with Crippen molar-refractivity contribution in [2.75, 3.05) is 12.4 Å². The summed E-state index contributed by atoms with van der Waals surface area (Å²) in [5.41, 5.74) is 6.63. The Labute approximate surface area is 98.8 Å². The molecule has 2 N–H and O–H groups in total. The summed E-state index contributed by atoms with van der Waals surface area (Å²) in [6, 6.07) is -0.630. The average Bonchev–Trinajstić information content (AvgIpc) is 2.28. The first-order chi connectivity index (χ1) is 7.63. The molecule has 0 aliphatic heterocycles. The van der Waals surface area contributed by atoms with E-state index in [4.69, 9.17) is 10.5 Å². The van der Waals surface area contributed by atoms with Crippen LogP contribution < -0.4 is 5.73 Å². The van der Waals surface area contributed by atoms with Gasteiger partial charge >= 0.3 is 5.97 Å². The van der Waals surface area contributed by atoms with Crippen LogP contribution in [0.15, 0.2) is 17.6 Å². The molecule has 5 nitrogen and oxygen atoms in total. The van der Waals surface area contributed by atoms with Gasteiger partial charge in [-0.2, -0.15) is 0 Å². The third-order valence-corrected chi connectivity index (χ3v) is 2.73. The van der Waals surface area contributed by atoms with Gasteiger partial charge in [-0.3, -0.25) is 4.79 Å². The molecular formula is C10H15N3O2S. The number of esters is 1. The highest BCUT2D eigenvalue weighted by atomic mass is 32.2. The second-order valence-corrected chi connectivity index (χ2v) is 4.20. The molecule has 1 aromatic heterocycles. The number of aromatic nitrogens is 2. The molecule has 0 bridgehead atoms. The first kappa shape index (κ1) is 12.9. The molecule has 16 heavy (non-hydrogen) atoms. The predicted octanol–water partition coefficient (Wildman–Crippen LogP) is 0.768. The molecule has 1 atom stereocenters. The van der Waals surface area contributed by atoms with Gasteiger partial charge in [0.15, 0.2) is 5.16 Å². The van der Waals surface area contributed by atoms with Crippen LogP contribution in [0.1, 0.15) is 12.5 Å². The zero-order valence-corrected chi connectivity index (χ0v) is 10.2. The Kier molecular flexibility index (Phi) is 5.21. The number of rotatable bonds is 5. The third kappa shape index (κ3) is 4.16. The van der Waals surface area contributed by atoms with Crippen molar-refractivity contribution in [1.82, 2.24) is 9.97 Å². The fraction of sp³-hybridized carbons (Fsp3) is 0.500. The van der Waals surface area contributed by atoms with Gasteiger partial charge in [-0.05, 0) is 19.4 Å². The van der Waals surface area contributed by atoms with Crippen LogP contribution in [0.2, 0.25) is 0 Å². The Morgan fingerprint density at radius 2 is 2.19 bits per heavy atom. The number of ether oxygens (including phenoxy) is 1. The van der Waals surface area contributed by atoms with Crippen molar-refractivity contribution in [2.24, 2.45) is 5.73 Å². The maximum atomic E-state index is 11.2. The maximum Gasteiger partial charge on any atom is 0.323 e. The first-order valence-electron chi connectivity index (χ1n) is 4.97. The van der Waals surface area contributed by atoms with E-state index in [0.717, 1.165) is 5.56 Å². The quantitative estimate of drug-likeness (QED) is 0.466. The van der Waals surface area contributed by atoms with Crippen LogP contribution in [0.5, 0.6) is 0 Å². The van der Waals surface area contributed by atoms with E-state index in [0.29, 0.717) is 17.5 Å². The number of nitrogens with zero attached hydrogens (tertiary/aromatic N) is 2. The highest BCUT2D eigenvalue weighted by Crippen LogP contribution is 2.12. The van der Waals surface area contributed by atoms with Crippen LogP contribution in [-0.2, 0) is 9.53 Å². The minimum atomic E-state index is -0.630. The molecule has 0 spiro atoms. The lowest BCUT2D eigenvalue weighted by Crippen LogP contribution is -2.34. The third-order valence-electron chi connectivity index (χ3n) is 1.74. The van der Waals surface area contributed by atoms with E-state index in [9.17, 15) is 4.79 Å². The number of hydrogen-bond acceptors (Lipinski definition) is 6. The lowest BCUT2D eigenvalue weighted by atomic mass is 10.4. The minimum absolute atomic E-state index is 0.345. The Balaban J connectivity index is 2.39. The first-order valence-corrected chi connectivity index (χ1v) is 5.95. The number of nitrogens with two attached hydrogens (primary N) is 1. The Morgan fingerprint density at radius 1 is 1.56 bits per heavy atom. The zero-order valence-electron chi connectivity index (χ0n) is 9.34. The zero-order chi connectivity index (χ0) is 12.0. The number of carbonyl (C=O) groups is 1. The molecule has 0 amide bonds. The Hall–Kier alpha value is -1.14. The van der Waals surface area contributed by atoms with E-state index in [1.807, 2.05) is 6.92 Å². The molecule has 0 aliphatic carbocycles. The Morgan fingerprint density at radius 3 is 2.75 bits per heavy atom. The second-order valence-electron chi connectivity index (χ2n) is 3.21. The molecule has 0 fully saturated rings. The van der Waals surface area contributed by atoms with E-state index in [1.165, 1.54) is 11.8 Å². The lowest BCUT2D eigenvalue weighted by Gasteiger charge is -2.08. The van der Waals surface area contributed by atoms with Crippen molar-refractivity contribution in [2.45, 2.75) is 25.0 Å². The SMILES string of the molecule is CCOC(=O)C(N)CSc1ncc(C)cn1. The predicted molar refractivity (Wildman–Crippen MR) is 62.1 cm³/mol. The summed E-state index contributed by atoms with van der Waals surface area (Å²) < 4.78 is 4.79. The molecule has 88 valence electrons. The normalized spacial score (nSPS) is 12.2. The Bertz CT molecular complexity index is 342. The summed E-state index contributed by atoms with van der Waals surface area (Å²) in [4.78, 5) is 19.4. The van der Waals surface area contributed by atoms with Gasteiger partial charge in [0.1, 0.15) is 6.04 Å². The van der Waals surface area contributed by atoms with E-state index >= 15 is 0 Å². The number of hydrogen-bond donors (Lipinski definition) is 1. The van der Waals surface area contributed by atoms with Crippen LogP contribution in [0, 0.1) is 6.92 Å². The van der Waals surface area contributed by atoms with Crippen LogP contribution in [0.3, 0.4) is 0 Å². The van der Waals surface area contributed by atoms with Crippen LogP contribution in [0.4, 0.5) is 0 Å². The fourth-order valence-corrected chi connectivity index (χ4v) is 1.66. The lowest BCUT2D eigenvalue weighted by molar-refractivity contribution is -0.144. The average molecular weight is 241 g/mol. The van der Waals surface area contributed by atoms with Crippen molar-refractivity contribution in [1.29, 1.82) is 0 Å². The van der Waals surface area contributed by atoms with E-state index < -0.39 is 6.04 Å². The van der Waals surface area contributed by atoms with Crippen molar-refractivity contribution in [3.05, 3.63) is 18.0 Å². The van der Waals surface area contributed by atoms with Gasteiger partial charge in [-0.1, -0.05) is 11.8 Å². The molecule has 0 aliphatic rings. The number of carbonyl (C=O) groups excluding carboxylic acids is 1. The van der Waals surface area contributed by atoms with Crippen molar-refractivity contribution in [3.63, 3.8) is 0 Å². The molecule has 0 saturated heterocycles. The fourth-order valence-electron chi connectivity index (χ4n) is 0.937. The summed E-state index contributed by atoms with van der Waals surface area (Å²) in [6.45, 7) is 4.01. The summed E-state index contributed by atoms with van der Waals surface area (Å²) in [6.07, 6.45) is 3.45. The molecule has 0 aromatic carbocycles.